The smallest absolute Gasteiger partial charge is 0.264 e. The van der Waals surface area contributed by atoms with Gasteiger partial charge >= 0.3 is 0 Å². The number of benzene rings is 2. The van der Waals surface area contributed by atoms with E-state index in [0.717, 1.165) is 11.8 Å². The van der Waals surface area contributed by atoms with Crippen molar-refractivity contribution in [2.75, 3.05) is 6.61 Å². The van der Waals surface area contributed by atoms with Crippen LogP contribution in [0.25, 0.3) is 11.4 Å². The molecule has 0 aliphatic carbocycles. The number of aromatic nitrogens is 2. The zero-order valence-corrected chi connectivity index (χ0v) is 14.2. The number of rotatable bonds is 7. The van der Waals surface area contributed by atoms with E-state index in [0.29, 0.717) is 40.4 Å². The molecular formula is C18H15ClN2O4. The van der Waals surface area contributed by atoms with Gasteiger partial charge in [-0.1, -0.05) is 28.9 Å². The molecule has 1 heterocycles. The maximum atomic E-state index is 10.9. The number of hydrogen-bond acceptors (Lipinski definition) is 6. The number of nitrogens with zero attached hydrogens (tertiary/aromatic N) is 2. The van der Waals surface area contributed by atoms with Gasteiger partial charge in [0.2, 0.25) is 5.82 Å². The molecule has 7 heteroatoms. The quantitative estimate of drug-likeness (QED) is 0.590. The first-order valence-corrected chi connectivity index (χ1v) is 8.00. The Bertz CT molecular complexity index is 879. The summed E-state index contributed by atoms with van der Waals surface area (Å²) in [6, 6.07) is 12.1. The molecule has 2 aromatic carbocycles. The first-order chi connectivity index (χ1) is 12.2. The van der Waals surface area contributed by atoms with Crippen LogP contribution in [0, 0.1) is 0 Å². The molecule has 0 saturated heterocycles. The van der Waals surface area contributed by atoms with Crippen molar-refractivity contribution in [3.05, 3.63) is 58.9 Å². The Labute approximate surface area is 149 Å². The van der Waals surface area contributed by atoms with E-state index in [4.69, 9.17) is 25.6 Å². The van der Waals surface area contributed by atoms with E-state index in [9.17, 15) is 4.79 Å². The van der Waals surface area contributed by atoms with Gasteiger partial charge in [0.05, 0.1) is 6.61 Å². The molecule has 0 N–H and O–H groups in total. The van der Waals surface area contributed by atoms with Crippen LogP contribution in [0.2, 0.25) is 5.02 Å². The third-order valence-corrected chi connectivity index (χ3v) is 3.54. The zero-order chi connectivity index (χ0) is 17.6. The van der Waals surface area contributed by atoms with Gasteiger partial charge in [-0.25, -0.2) is 0 Å². The number of ether oxygens (including phenoxy) is 2. The normalized spacial score (nSPS) is 10.5. The Morgan fingerprint density at radius 2 is 2.04 bits per heavy atom. The van der Waals surface area contributed by atoms with E-state index < -0.39 is 0 Å². The van der Waals surface area contributed by atoms with E-state index in [1.54, 1.807) is 30.3 Å². The Morgan fingerprint density at radius 3 is 2.80 bits per heavy atom. The van der Waals surface area contributed by atoms with Crippen molar-refractivity contribution in [3.63, 3.8) is 0 Å². The molecule has 0 saturated carbocycles. The Balaban J connectivity index is 1.73. The molecule has 25 heavy (non-hydrogen) atoms. The largest absolute Gasteiger partial charge is 0.490 e. The molecule has 0 radical (unpaired) electrons. The molecule has 128 valence electrons. The number of carbonyl (C=O) groups excluding carboxylic acids is 1. The van der Waals surface area contributed by atoms with Crippen molar-refractivity contribution < 1.29 is 18.8 Å². The highest BCUT2D eigenvalue weighted by atomic mass is 35.5. The first kappa shape index (κ1) is 17.0. The van der Waals surface area contributed by atoms with Crippen LogP contribution >= 0.6 is 11.6 Å². The second-order valence-corrected chi connectivity index (χ2v) is 5.50. The third kappa shape index (κ3) is 4.16. The zero-order valence-electron chi connectivity index (χ0n) is 13.4. The number of carbonyl (C=O) groups is 1. The van der Waals surface area contributed by atoms with Crippen molar-refractivity contribution in [2.24, 2.45) is 0 Å². The van der Waals surface area contributed by atoms with Gasteiger partial charge in [-0.2, -0.15) is 4.98 Å². The molecule has 0 fully saturated rings. The summed E-state index contributed by atoms with van der Waals surface area (Å²) in [7, 11) is 0. The van der Waals surface area contributed by atoms with Crippen LogP contribution in [0.1, 0.15) is 23.2 Å². The monoisotopic (exact) mass is 358 g/mol. The lowest BCUT2D eigenvalue weighted by molar-refractivity contribution is 0.112. The van der Waals surface area contributed by atoms with E-state index in [1.807, 2.05) is 19.1 Å². The van der Waals surface area contributed by atoms with Crippen LogP contribution in [0.5, 0.6) is 11.5 Å². The van der Waals surface area contributed by atoms with Crippen LogP contribution in [0.3, 0.4) is 0 Å². The van der Waals surface area contributed by atoms with Gasteiger partial charge in [0.15, 0.2) is 18.1 Å². The second kappa shape index (κ2) is 7.81. The molecule has 0 bridgehead atoms. The maximum absolute atomic E-state index is 10.9. The van der Waals surface area contributed by atoms with E-state index in [1.165, 1.54) is 0 Å². The molecule has 0 atom stereocenters. The Morgan fingerprint density at radius 1 is 1.16 bits per heavy atom. The summed E-state index contributed by atoms with van der Waals surface area (Å²) >= 11 is 5.97. The highest BCUT2D eigenvalue weighted by Gasteiger charge is 2.12. The van der Waals surface area contributed by atoms with Gasteiger partial charge in [0.25, 0.3) is 5.89 Å². The fourth-order valence-electron chi connectivity index (χ4n) is 2.18. The molecule has 0 spiro atoms. The van der Waals surface area contributed by atoms with Crippen LogP contribution < -0.4 is 9.47 Å². The minimum atomic E-state index is 0.0775. The van der Waals surface area contributed by atoms with E-state index in [-0.39, 0.29) is 6.61 Å². The predicted molar refractivity (Wildman–Crippen MR) is 92.1 cm³/mol. The summed E-state index contributed by atoms with van der Waals surface area (Å²) in [4.78, 5) is 15.2. The van der Waals surface area contributed by atoms with Gasteiger partial charge in [0.1, 0.15) is 6.29 Å². The van der Waals surface area contributed by atoms with Crippen LogP contribution in [-0.4, -0.2) is 23.0 Å². The lowest BCUT2D eigenvalue weighted by atomic mass is 10.2. The molecule has 1 aromatic heterocycles. The number of aldehydes is 1. The van der Waals surface area contributed by atoms with Gasteiger partial charge < -0.3 is 14.0 Å². The van der Waals surface area contributed by atoms with Gasteiger partial charge in [0, 0.05) is 16.1 Å². The molecule has 3 rings (SSSR count). The third-order valence-electron chi connectivity index (χ3n) is 3.31. The molecular weight excluding hydrogens is 344 g/mol. The Kier molecular flexibility index (Phi) is 5.30. The summed E-state index contributed by atoms with van der Waals surface area (Å²) in [6.45, 7) is 2.39. The topological polar surface area (TPSA) is 74.5 Å². The van der Waals surface area contributed by atoms with Gasteiger partial charge in [-0.15, -0.1) is 0 Å². The highest BCUT2D eigenvalue weighted by Crippen LogP contribution is 2.29. The van der Waals surface area contributed by atoms with Crippen molar-refractivity contribution in [3.8, 4) is 22.9 Å². The average molecular weight is 359 g/mol. The Hall–Kier alpha value is -2.86. The minimum absolute atomic E-state index is 0.0775. The molecule has 0 aliphatic rings. The van der Waals surface area contributed by atoms with Crippen LogP contribution in [0.15, 0.2) is 47.0 Å². The van der Waals surface area contributed by atoms with Crippen LogP contribution in [-0.2, 0) is 6.61 Å². The summed E-state index contributed by atoms with van der Waals surface area (Å²) < 4.78 is 16.4. The molecule has 6 nitrogen and oxygen atoms in total. The second-order valence-electron chi connectivity index (χ2n) is 5.07. The summed E-state index contributed by atoms with van der Waals surface area (Å²) in [5, 5.41) is 4.52. The van der Waals surface area contributed by atoms with Gasteiger partial charge in [-0.05, 0) is 37.3 Å². The highest BCUT2D eigenvalue weighted by molar-refractivity contribution is 6.30. The lowest BCUT2D eigenvalue weighted by Gasteiger charge is -2.10. The van der Waals surface area contributed by atoms with Crippen molar-refractivity contribution >= 4 is 17.9 Å². The first-order valence-electron chi connectivity index (χ1n) is 7.63. The SMILES string of the molecule is CCOc1cc(C=O)ccc1OCc1nc(-c2cccc(Cl)c2)no1. The molecule has 0 amide bonds. The fraction of sp³-hybridized carbons (Fsp3) is 0.167. The summed E-state index contributed by atoms with van der Waals surface area (Å²) in [5.41, 5.74) is 1.27. The van der Waals surface area contributed by atoms with Crippen LogP contribution in [0.4, 0.5) is 0 Å². The standard InChI is InChI=1S/C18H15ClN2O4/c1-2-23-16-8-12(10-22)6-7-15(16)24-11-17-20-18(21-25-17)13-4-3-5-14(19)9-13/h3-10H,2,11H2,1H3. The molecule has 3 aromatic rings. The molecule has 0 unspecified atom stereocenters. The fourth-order valence-corrected chi connectivity index (χ4v) is 2.37. The molecule has 0 aliphatic heterocycles. The van der Waals surface area contributed by atoms with Gasteiger partial charge in [-0.3, -0.25) is 4.79 Å². The van der Waals surface area contributed by atoms with E-state index in [2.05, 4.69) is 10.1 Å². The predicted octanol–water partition coefficient (Wildman–Crippen LogP) is 4.18. The van der Waals surface area contributed by atoms with Crippen molar-refractivity contribution in [2.45, 2.75) is 13.5 Å². The van der Waals surface area contributed by atoms with Crippen molar-refractivity contribution in [1.82, 2.24) is 10.1 Å². The summed E-state index contributed by atoms with van der Waals surface area (Å²) in [6.07, 6.45) is 0.752. The lowest BCUT2D eigenvalue weighted by Crippen LogP contribution is -2.00. The maximum Gasteiger partial charge on any atom is 0.264 e. The summed E-state index contributed by atoms with van der Waals surface area (Å²) in [5.74, 6) is 1.73. The van der Waals surface area contributed by atoms with Crippen molar-refractivity contribution in [1.29, 1.82) is 0 Å². The number of hydrogen-bond donors (Lipinski definition) is 0. The minimum Gasteiger partial charge on any atom is -0.490 e. The van der Waals surface area contributed by atoms with E-state index >= 15 is 0 Å². The average Bonchev–Trinajstić information content (AvgIpc) is 3.10. The number of halogens is 1.